The van der Waals surface area contributed by atoms with Gasteiger partial charge in [0.25, 0.3) is 11.7 Å². The Labute approximate surface area is 205 Å². The van der Waals surface area contributed by atoms with Crippen LogP contribution in [0.5, 0.6) is 11.5 Å². The van der Waals surface area contributed by atoms with Crippen molar-refractivity contribution in [2.24, 2.45) is 0 Å². The zero-order chi connectivity index (χ0) is 25.1. The second kappa shape index (κ2) is 10.1. The molecule has 180 valence electrons. The minimum atomic E-state index is -0.815. The molecule has 6 nitrogen and oxygen atoms in total. The average molecular weight is 472 g/mol. The third-order valence-electron chi connectivity index (χ3n) is 5.99. The third kappa shape index (κ3) is 4.64. The van der Waals surface area contributed by atoms with E-state index in [0.29, 0.717) is 41.5 Å². The Morgan fingerprint density at radius 3 is 2.29 bits per heavy atom. The number of benzene rings is 3. The lowest BCUT2D eigenvalue weighted by atomic mass is 9.94. The van der Waals surface area contributed by atoms with Crippen molar-refractivity contribution in [2.45, 2.75) is 33.7 Å². The molecule has 3 aromatic carbocycles. The number of ether oxygens (including phenoxy) is 2. The van der Waals surface area contributed by atoms with Crippen molar-refractivity contribution < 1.29 is 24.2 Å². The van der Waals surface area contributed by atoms with Crippen LogP contribution in [0.15, 0.2) is 72.3 Å². The SMILES string of the molecule is CCOc1cccc(C2/C(=C(\O)c3ccc(OCC)c(C)c3)C(=O)C(=O)N2c2ccc(C)cc2)c1. The summed E-state index contributed by atoms with van der Waals surface area (Å²) in [5.74, 6) is -0.330. The highest BCUT2D eigenvalue weighted by atomic mass is 16.5. The number of Topliss-reactive ketones (excluding diaryl/α,β-unsaturated/α-hetero) is 1. The molecule has 4 rings (SSSR count). The molecular weight excluding hydrogens is 442 g/mol. The van der Waals surface area contributed by atoms with Crippen molar-refractivity contribution in [2.75, 3.05) is 18.1 Å². The number of aliphatic hydroxyl groups is 1. The standard InChI is InChI=1S/C29H29NO5/c1-5-34-23-9-7-8-20(17-23)26-25(27(31)21-12-15-24(35-6-2)19(4)16-21)28(32)29(33)30(26)22-13-10-18(3)11-14-22/h7-17,26,31H,5-6H2,1-4H3/b27-25+. The number of hydrogen-bond donors (Lipinski definition) is 1. The molecule has 1 fully saturated rings. The second-order valence-electron chi connectivity index (χ2n) is 8.42. The molecule has 0 aromatic heterocycles. The Kier molecular flexibility index (Phi) is 6.92. The first-order valence-corrected chi connectivity index (χ1v) is 11.7. The molecule has 1 amide bonds. The monoisotopic (exact) mass is 471 g/mol. The Morgan fingerprint density at radius 2 is 1.63 bits per heavy atom. The maximum atomic E-state index is 13.4. The van der Waals surface area contributed by atoms with Gasteiger partial charge in [0.05, 0.1) is 24.8 Å². The summed E-state index contributed by atoms with van der Waals surface area (Å²) in [6.45, 7) is 8.61. The Bertz CT molecular complexity index is 1290. The molecule has 0 spiro atoms. The van der Waals surface area contributed by atoms with Crippen LogP contribution in [0.4, 0.5) is 5.69 Å². The van der Waals surface area contributed by atoms with E-state index in [9.17, 15) is 14.7 Å². The first kappa shape index (κ1) is 24.1. The van der Waals surface area contributed by atoms with Gasteiger partial charge in [-0.2, -0.15) is 0 Å². The topological polar surface area (TPSA) is 76.1 Å². The highest BCUT2D eigenvalue weighted by Crippen LogP contribution is 2.43. The molecule has 1 atom stereocenters. The third-order valence-corrected chi connectivity index (χ3v) is 5.99. The Morgan fingerprint density at radius 1 is 0.914 bits per heavy atom. The maximum Gasteiger partial charge on any atom is 0.300 e. The van der Waals surface area contributed by atoms with Crippen LogP contribution in [0.1, 0.15) is 42.1 Å². The smallest absolute Gasteiger partial charge is 0.300 e. The van der Waals surface area contributed by atoms with Crippen LogP contribution in [0, 0.1) is 13.8 Å². The highest BCUT2D eigenvalue weighted by Gasteiger charge is 2.47. The summed E-state index contributed by atoms with van der Waals surface area (Å²) in [7, 11) is 0. The van der Waals surface area contributed by atoms with E-state index in [1.54, 1.807) is 36.4 Å². The van der Waals surface area contributed by atoms with Crippen molar-refractivity contribution in [3.63, 3.8) is 0 Å². The van der Waals surface area contributed by atoms with Gasteiger partial charge in [-0.15, -0.1) is 0 Å². The molecule has 0 radical (unpaired) electrons. The van der Waals surface area contributed by atoms with Gasteiger partial charge < -0.3 is 14.6 Å². The molecule has 1 N–H and O–H groups in total. The number of aryl methyl sites for hydroxylation is 2. The van der Waals surface area contributed by atoms with Crippen LogP contribution in [-0.4, -0.2) is 30.0 Å². The van der Waals surface area contributed by atoms with Crippen molar-refractivity contribution in [3.8, 4) is 11.5 Å². The summed E-state index contributed by atoms with van der Waals surface area (Å²) in [6.07, 6.45) is 0. The second-order valence-corrected chi connectivity index (χ2v) is 8.42. The lowest BCUT2D eigenvalue weighted by Crippen LogP contribution is -2.29. The minimum absolute atomic E-state index is 0.0350. The normalized spacial score (nSPS) is 17.0. The molecule has 0 saturated carbocycles. The lowest BCUT2D eigenvalue weighted by Gasteiger charge is -2.26. The summed E-state index contributed by atoms with van der Waals surface area (Å²) in [4.78, 5) is 28.1. The number of carbonyl (C=O) groups excluding carboxylic acids is 2. The number of aliphatic hydroxyl groups excluding tert-OH is 1. The van der Waals surface area contributed by atoms with Crippen molar-refractivity contribution in [3.05, 3.63) is 94.6 Å². The van der Waals surface area contributed by atoms with Gasteiger partial charge >= 0.3 is 0 Å². The van der Waals surface area contributed by atoms with E-state index in [1.165, 1.54) is 4.90 Å². The van der Waals surface area contributed by atoms with Crippen molar-refractivity contribution in [1.29, 1.82) is 0 Å². The molecule has 1 aliphatic heterocycles. The van der Waals surface area contributed by atoms with Gasteiger partial charge in [0.2, 0.25) is 0 Å². The van der Waals surface area contributed by atoms with Crippen LogP contribution in [0.3, 0.4) is 0 Å². The van der Waals surface area contributed by atoms with Gasteiger partial charge in [-0.05, 0) is 81.3 Å². The number of carbonyl (C=O) groups is 2. The fraction of sp³-hybridized carbons (Fsp3) is 0.241. The molecule has 0 bridgehead atoms. The van der Waals surface area contributed by atoms with E-state index >= 15 is 0 Å². The molecule has 1 unspecified atom stereocenters. The zero-order valence-corrected chi connectivity index (χ0v) is 20.4. The van der Waals surface area contributed by atoms with Gasteiger partial charge in [0.1, 0.15) is 17.3 Å². The summed E-state index contributed by atoms with van der Waals surface area (Å²) >= 11 is 0. The van der Waals surface area contributed by atoms with Crippen LogP contribution < -0.4 is 14.4 Å². The number of anilines is 1. The Hall–Kier alpha value is -4.06. The van der Waals surface area contributed by atoms with Gasteiger partial charge in [-0.25, -0.2) is 0 Å². The van der Waals surface area contributed by atoms with E-state index in [2.05, 4.69) is 0 Å². The molecule has 35 heavy (non-hydrogen) atoms. The van der Waals surface area contributed by atoms with E-state index in [0.717, 1.165) is 11.1 Å². The molecule has 1 saturated heterocycles. The van der Waals surface area contributed by atoms with E-state index in [4.69, 9.17) is 9.47 Å². The number of nitrogens with zero attached hydrogens (tertiary/aromatic N) is 1. The summed E-state index contributed by atoms with van der Waals surface area (Å²) in [5.41, 5.74) is 3.57. The van der Waals surface area contributed by atoms with Gasteiger partial charge in [0, 0.05) is 11.3 Å². The quantitative estimate of drug-likeness (QED) is 0.271. The van der Waals surface area contributed by atoms with Crippen LogP contribution in [0.2, 0.25) is 0 Å². The molecular formula is C29H29NO5. The number of hydrogen-bond acceptors (Lipinski definition) is 5. The average Bonchev–Trinajstić information content (AvgIpc) is 3.11. The maximum absolute atomic E-state index is 13.4. The lowest BCUT2D eigenvalue weighted by molar-refractivity contribution is -0.132. The first-order chi connectivity index (χ1) is 16.8. The van der Waals surface area contributed by atoms with Crippen LogP contribution in [-0.2, 0) is 9.59 Å². The first-order valence-electron chi connectivity index (χ1n) is 11.7. The highest BCUT2D eigenvalue weighted by molar-refractivity contribution is 6.51. The van der Waals surface area contributed by atoms with Crippen molar-refractivity contribution >= 4 is 23.1 Å². The Balaban J connectivity index is 1.91. The zero-order valence-electron chi connectivity index (χ0n) is 20.4. The summed E-state index contributed by atoms with van der Waals surface area (Å²) in [5, 5.41) is 11.4. The fourth-order valence-electron chi connectivity index (χ4n) is 4.33. The van der Waals surface area contributed by atoms with Crippen LogP contribution in [0.25, 0.3) is 5.76 Å². The van der Waals surface area contributed by atoms with Gasteiger partial charge in [-0.1, -0.05) is 29.8 Å². The van der Waals surface area contributed by atoms with Crippen LogP contribution >= 0.6 is 0 Å². The number of amides is 1. The predicted octanol–water partition coefficient (Wildman–Crippen LogP) is 5.73. The minimum Gasteiger partial charge on any atom is -0.507 e. The van der Waals surface area contributed by atoms with E-state index in [-0.39, 0.29) is 11.3 Å². The molecule has 1 aliphatic rings. The van der Waals surface area contributed by atoms with E-state index < -0.39 is 17.7 Å². The number of rotatable bonds is 7. The molecule has 1 heterocycles. The summed E-state index contributed by atoms with van der Waals surface area (Å²) < 4.78 is 11.3. The molecule has 6 heteroatoms. The fourth-order valence-corrected chi connectivity index (χ4v) is 4.33. The number of ketones is 1. The molecule has 0 aliphatic carbocycles. The summed E-state index contributed by atoms with van der Waals surface area (Å²) in [6, 6.07) is 19.1. The predicted molar refractivity (Wildman–Crippen MR) is 136 cm³/mol. The largest absolute Gasteiger partial charge is 0.507 e. The molecule has 3 aromatic rings. The van der Waals surface area contributed by atoms with E-state index in [1.807, 2.05) is 58.0 Å². The van der Waals surface area contributed by atoms with Gasteiger partial charge in [-0.3, -0.25) is 14.5 Å². The van der Waals surface area contributed by atoms with Crippen molar-refractivity contribution in [1.82, 2.24) is 0 Å². The van der Waals surface area contributed by atoms with Gasteiger partial charge in [0.15, 0.2) is 0 Å².